The van der Waals surface area contributed by atoms with Crippen molar-refractivity contribution < 1.29 is 9.53 Å². The summed E-state index contributed by atoms with van der Waals surface area (Å²) in [5.74, 6) is 0.958. The summed E-state index contributed by atoms with van der Waals surface area (Å²) < 4.78 is 5.75. The summed E-state index contributed by atoms with van der Waals surface area (Å²) in [5, 5.41) is 0. The fourth-order valence-corrected chi connectivity index (χ4v) is 2.48. The first-order valence-corrected chi connectivity index (χ1v) is 5.53. The Balaban J connectivity index is 2.10. The zero-order valence-corrected chi connectivity index (χ0v) is 9.08. The molecule has 1 saturated carbocycles. The second-order valence-corrected chi connectivity index (χ2v) is 4.75. The molecule has 0 bridgehead atoms. The third kappa shape index (κ3) is 1.54. The molecule has 0 unspecified atom stereocenters. The Morgan fingerprint density at radius 2 is 2.07 bits per heavy atom. The first kappa shape index (κ1) is 9.97. The first-order chi connectivity index (χ1) is 6.64. The van der Waals surface area contributed by atoms with Gasteiger partial charge in [-0.2, -0.15) is 0 Å². The van der Waals surface area contributed by atoms with Gasteiger partial charge in [0.15, 0.2) is 0 Å². The van der Waals surface area contributed by atoms with Crippen molar-refractivity contribution in [3.8, 4) is 0 Å². The van der Waals surface area contributed by atoms with Crippen molar-refractivity contribution in [2.24, 2.45) is 5.92 Å². The van der Waals surface area contributed by atoms with E-state index >= 15 is 0 Å². The number of hydrogen-bond acceptors (Lipinski definition) is 2. The normalized spacial score (nSPS) is 39.1. The first-order valence-electron chi connectivity index (χ1n) is 5.53. The SMILES string of the molecule is CC1CCC2(CC1)OCCN(C)C2=O. The average molecular weight is 197 g/mol. The van der Waals surface area contributed by atoms with Crippen LogP contribution in [0.2, 0.25) is 0 Å². The van der Waals surface area contributed by atoms with Gasteiger partial charge in [0.1, 0.15) is 5.60 Å². The molecule has 2 fully saturated rings. The van der Waals surface area contributed by atoms with Gasteiger partial charge >= 0.3 is 0 Å². The van der Waals surface area contributed by atoms with Crippen LogP contribution < -0.4 is 0 Å². The standard InChI is InChI=1S/C11H19NO2/c1-9-3-5-11(6-4-9)10(13)12(2)7-8-14-11/h9H,3-8H2,1-2H3. The molecule has 14 heavy (non-hydrogen) atoms. The molecule has 1 heterocycles. The fraction of sp³-hybridized carbons (Fsp3) is 0.909. The predicted octanol–water partition coefficient (Wildman–Crippen LogP) is 1.42. The van der Waals surface area contributed by atoms with Crippen LogP contribution in [-0.4, -0.2) is 36.6 Å². The molecule has 0 aromatic carbocycles. The summed E-state index contributed by atoms with van der Waals surface area (Å²) in [6.45, 7) is 3.70. The molecule has 1 spiro atoms. The Morgan fingerprint density at radius 1 is 1.43 bits per heavy atom. The van der Waals surface area contributed by atoms with E-state index < -0.39 is 5.60 Å². The summed E-state index contributed by atoms with van der Waals surface area (Å²) in [7, 11) is 1.88. The summed E-state index contributed by atoms with van der Waals surface area (Å²) in [5.41, 5.74) is -0.445. The number of amides is 1. The number of nitrogens with zero attached hydrogens (tertiary/aromatic N) is 1. The number of carbonyl (C=O) groups is 1. The molecule has 0 N–H and O–H groups in total. The Hall–Kier alpha value is -0.570. The largest absolute Gasteiger partial charge is 0.363 e. The van der Waals surface area contributed by atoms with E-state index in [1.807, 2.05) is 11.9 Å². The smallest absolute Gasteiger partial charge is 0.254 e. The van der Waals surface area contributed by atoms with E-state index in [0.717, 1.165) is 38.1 Å². The highest BCUT2D eigenvalue weighted by molar-refractivity contribution is 5.85. The van der Waals surface area contributed by atoms with Crippen LogP contribution in [0, 0.1) is 5.92 Å². The lowest BCUT2D eigenvalue weighted by molar-refractivity contribution is -0.176. The maximum Gasteiger partial charge on any atom is 0.254 e. The van der Waals surface area contributed by atoms with Crippen LogP contribution in [0.5, 0.6) is 0 Å². The van der Waals surface area contributed by atoms with E-state index in [4.69, 9.17) is 4.74 Å². The van der Waals surface area contributed by atoms with E-state index in [1.165, 1.54) is 0 Å². The van der Waals surface area contributed by atoms with Gasteiger partial charge in [-0.3, -0.25) is 4.79 Å². The number of hydrogen-bond donors (Lipinski definition) is 0. The number of likely N-dealkylation sites (N-methyl/N-ethyl adjacent to an activating group) is 1. The molecule has 80 valence electrons. The Morgan fingerprint density at radius 3 is 2.71 bits per heavy atom. The van der Waals surface area contributed by atoms with Crippen LogP contribution in [0.25, 0.3) is 0 Å². The van der Waals surface area contributed by atoms with Crippen LogP contribution in [0.4, 0.5) is 0 Å². The maximum absolute atomic E-state index is 12.0. The van der Waals surface area contributed by atoms with Gasteiger partial charge in [0.2, 0.25) is 0 Å². The fourth-order valence-electron chi connectivity index (χ4n) is 2.48. The van der Waals surface area contributed by atoms with Crippen molar-refractivity contribution in [3.63, 3.8) is 0 Å². The molecule has 3 heteroatoms. The minimum absolute atomic E-state index is 0.204. The van der Waals surface area contributed by atoms with Crippen molar-refractivity contribution in [1.82, 2.24) is 4.90 Å². The zero-order chi connectivity index (χ0) is 10.2. The highest BCUT2D eigenvalue weighted by Gasteiger charge is 2.45. The minimum Gasteiger partial charge on any atom is -0.363 e. The van der Waals surface area contributed by atoms with Crippen molar-refractivity contribution in [2.45, 2.75) is 38.2 Å². The quantitative estimate of drug-likeness (QED) is 0.588. The van der Waals surface area contributed by atoms with Crippen molar-refractivity contribution in [2.75, 3.05) is 20.2 Å². The van der Waals surface area contributed by atoms with E-state index in [-0.39, 0.29) is 5.91 Å². The second kappa shape index (κ2) is 3.54. The molecule has 1 amide bonds. The van der Waals surface area contributed by atoms with Crippen LogP contribution in [-0.2, 0) is 9.53 Å². The van der Waals surface area contributed by atoms with E-state index in [1.54, 1.807) is 0 Å². The van der Waals surface area contributed by atoms with E-state index in [2.05, 4.69) is 6.92 Å². The molecule has 1 saturated heterocycles. The number of ether oxygens (including phenoxy) is 1. The summed E-state index contributed by atoms with van der Waals surface area (Å²) >= 11 is 0. The molecule has 1 aliphatic carbocycles. The van der Waals surface area contributed by atoms with Crippen molar-refractivity contribution >= 4 is 5.91 Å². The maximum atomic E-state index is 12.0. The van der Waals surface area contributed by atoms with Crippen LogP contribution in [0.3, 0.4) is 0 Å². The lowest BCUT2D eigenvalue weighted by atomic mass is 9.78. The van der Waals surface area contributed by atoms with Gasteiger partial charge in [0, 0.05) is 13.6 Å². The van der Waals surface area contributed by atoms with Gasteiger partial charge in [-0.15, -0.1) is 0 Å². The van der Waals surface area contributed by atoms with E-state index in [0.29, 0.717) is 6.61 Å². The third-order valence-electron chi connectivity index (χ3n) is 3.62. The van der Waals surface area contributed by atoms with Crippen molar-refractivity contribution in [1.29, 1.82) is 0 Å². The topological polar surface area (TPSA) is 29.5 Å². The second-order valence-electron chi connectivity index (χ2n) is 4.75. The van der Waals surface area contributed by atoms with E-state index in [9.17, 15) is 4.79 Å². The number of morpholine rings is 1. The molecule has 2 rings (SSSR count). The van der Waals surface area contributed by atoms with Gasteiger partial charge in [0.25, 0.3) is 5.91 Å². The predicted molar refractivity (Wildman–Crippen MR) is 54.0 cm³/mol. The van der Waals surface area contributed by atoms with Crippen molar-refractivity contribution in [3.05, 3.63) is 0 Å². The Bertz CT molecular complexity index is 231. The molecule has 2 aliphatic rings. The number of rotatable bonds is 0. The van der Waals surface area contributed by atoms with Gasteiger partial charge in [-0.05, 0) is 31.6 Å². The molecular formula is C11H19NO2. The third-order valence-corrected chi connectivity index (χ3v) is 3.62. The lowest BCUT2D eigenvalue weighted by Gasteiger charge is -2.43. The Kier molecular flexibility index (Phi) is 2.52. The molecular weight excluding hydrogens is 178 g/mol. The molecule has 3 nitrogen and oxygen atoms in total. The van der Waals surface area contributed by atoms with Gasteiger partial charge in [0.05, 0.1) is 6.61 Å². The van der Waals surface area contributed by atoms with Gasteiger partial charge in [-0.25, -0.2) is 0 Å². The summed E-state index contributed by atoms with van der Waals surface area (Å²) in [6, 6.07) is 0. The highest BCUT2D eigenvalue weighted by Crippen LogP contribution is 2.37. The molecule has 0 radical (unpaired) electrons. The highest BCUT2D eigenvalue weighted by atomic mass is 16.5. The molecule has 1 aliphatic heterocycles. The lowest BCUT2D eigenvalue weighted by Crippen LogP contribution is -2.56. The summed E-state index contributed by atoms with van der Waals surface area (Å²) in [6.07, 6.45) is 4.08. The zero-order valence-electron chi connectivity index (χ0n) is 9.08. The average Bonchev–Trinajstić information content (AvgIpc) is 2.19. The monoisotopic (exact) mass is 197 g/mol. The summed E-state index contributed by atoms with van der Waals surface area (Å²) in [4.78, 5) is 13.8. The minimum atomic E-state index is -0.445. The van der Waals surface area contributed by atoms with Gasteiger partial charge < -0.3 is 9.64 Å². The molecule has 0 atom stereocenters. The van der Waals surface area contributed by atoms with Gasteiger partial charge in [-0.1, -0.05) is 6.92 Å². The molecule has 0 aromatic rings. The number of carbonyl (C=O) groups excluding carboxylic acids is 1. The Labute approximate surface area is 85.4 Å². The molecule has 0 aromatic heterocycles. The van der Waals surface area contributed by atoms with Crippen LogP contribution >= 0.6 is 0 Å². The van der Waals surface area contributed by atoms with Crippen LogP contribution in [0.15, 0.2) is 0 Å². The van der Waals surface area contributed by atoms with Crippen LogP contribution in [0.1, 0.15) is 32.6 Å².